The lowest BCUT2D eigenvalue weighted by atomic mass is 10.1. The number of benzene rings is 1. The SMILES string of the molecule is CCCc1nc(COc2ccc(F)cc2[C@H](C)O)cs1. The first-order valence-corrected chi connectivity index (χ1v) is 7.51. The first kappa shape index (κ1) is 14.9. The molecule has 0 fully saturated rings. The van der Waals surface area contributed by atoms with Crippen molar-refractivity contribution in [3.05, 3.63) is 45.7 Å². The Labute approximate surface area is 122 Å². The van der Waals surface area contributed by atoms with Gasteiger partial charge in [0.2, 0.25) is 0 Å². The molecule has 1 aromatic carbocycles. The fourth-order valence-corrected chi connectivity index (χ4v) is 2.76. The molecule has 0 saturated carbocycles. The highest BCUT2D eigenvalue weighted by Crippen LogP contribution is 2.27. The molecule has 0 aliphatic rings. The van der Waals surface area contributed by atoms with Gasteiger partial charge in [0.1, 0.15) is 18.2 Å². The zero-order chi connectivity index (χ0) is 14.5. The number of thiazole rings is 1. The van der Waals surface area contributed by atoms with Crippen molar-refractivity contribution in [2.45, 2.75) is 39.4 Å². The summed E-state index contributed by atoms with van der Waals surface area (Å²) in [7, 11) is 0. The Morgan fingerprint density at radius 2 is 2.25 bits per heavy atom. The quantitative estimate of drug-likeness (QED) is 0.879. The summed E-state index contributed by atoms with van der Waals surface area (Å²) in [6, 6.07) is 4.16. The number of ether oxygens (including phenoxy) is 1. The molecule has 0 saturated heterocycles. The van der Waals surface area contributed by atoms with Crippen molar-refractivity contribution < 1.29 is 14.2 Å². The molecule has 1 N–H and O–H groups in total. The van der Waals surface area contributed by atoms with Crippen LogP contribution in [0, 0.1) is 5.82 Å². The topological polar surface area (TPSA) is 42.4 Å². The summed E-state index contributed by atoms with van der Waals surface area (Å²) >= 11 is 1.62. The Bertz CT molecular complexity index is 569. The molecule has 0 bridgehead atoms. The molecule has 1 aromatic heterocycles. The predicted octanol–water partition coefficient (Wildman–Crippen LogP) is 3.87. The van der Waals surface area contributed by atoms with E-state index in [0.717, 1.165) is 23.5 Å². The molecule has 20 heavy (non-hydrogen) atoms. The van der Waals surface area contributed by atoms with Gasteiger partial charge < -0.3 is 9.84 Å². The minimum Gasteiger partial charge on any atom is -0.487 e. The average Bonchev–Trinajstić information content (AvgIpc) is 2.85. The van der Waals surface area contributed by atoms with Crippen molar-refractivity contribution in [3.8, 4) is 5.75 Å². The molecule has 0 radical (unpaired) electrons. The minimum absolute atomic E-state index is 0.325. The van der Waals surface area contributed by atoms with E-state index in [9.17, 15) is 9.50 Å². The van der Waals surface area contributed by atoms with E-state index in [4.69, 9.17) is 4.74 Å². The van der Waals surface area contributed by atoms with E-state index in [0.29, 0.717) is 17.9 Å². The maximum absolute atomic E-state index is 13.2. The van der Waals surface area contributed by atoms with Gasteiger partial charge in [-0.05, 0) is 38.0 Å². The van der Waals surface area contributed by atoms with Crippen molar-refractivity contribution in [3.63, 3.8) is 0 Å². The molecule has 2 aromatic rings. The average molecular weight is 295 g/mol. The van der Waals surface area contributed by atoms with Crippen LogP contribution in [0.25, 0.3) is 0 Å². The predicted molar refractivity (Wildman–Crippen MR) is 77.5 cm³/mol. The highest BCUT2D eigenvalue weighted by molar-refractivity contribution is 7.09. The van der Waals surface area contributed by atoms with Crippen LogP contribution in [-0.2, 0) is 13.0 Å². The van der Waals surface area contributed by atoms with Crippen LogP contribution >= 0.6 is 11.3 Å². The van der Waals surface area contributed by atoms with Gasteiger partial charge in [-0.3, -0.25) is 0 Å². The van der Waals surface area contributed by atoms with Crippen LogP contribution in [0.2, 0.25) is 0 Å². The van der Waals surface area contributed by atoms with Crippen LogP contribution in [0.5, 0.6) is 5.75 Å². The molecular weight excluding hydrogens is 277 g/mol. The number of aliphatic hydroxyl groups is 1. The molecule has 3 nitrogen and oxygen atoms in total. The molecular formula is C15H18FNO2S. The van der Waals surface area contributed by atoms with Crippen LogP contribution in [-0.4, -0.2) is 10.1 Å². The molecule has 0 unspecified atom stereocenters. The summed E-state index contributed by atoms with van der Waals surface area (Å²) in [4.78, 5) is 4.46. The van der Waals surface area contributed by atoms with Gasteiger partial charge in [-0.25, -0.2) is 9.37 Å². The number of rotatable bonds is 6. The van der Waals surface area contributed by atoms with Crippen molar-refractivity contribution in [2.24, 2.45) is 0 Å². The Balaban J connectivity index is 2.06. The molecule has 0 spiro atoms. The second-order valence-electron chi connectivity index (χ2n) is 4.63. The van der Waals surface area contributed by atoms with Crippen LogP contribution in [0.4, 0.5) is 4.39 Å². The van der Waals surface area contributed by atoms with Crippen LogP contribution in [0.3, 0.4) is 0 Å². The minimum atomic E-state index is -0.771. The number of nitrogens with zero attached hydrogens (tertiary/aromatic N) is 1. The third kappa shape index (κ3) is 3.77. The largest absolute Gasteiger partial charge is 0.487 e. The second-order valence-corrected chi connectivity index (χ2v) is 5.57. The number of hydrogen-bond acceptors (Lipinski definition) is 4. The molecule has 0 aliphatic carbocycles. The zero-order valence-electron chi connectivity index (χ0n) is 11.6. The molecule has 0 amide bonds. The first-order valence-electron chi connectivity index (χ1n) is 6.63. The summed E-state index contributed by atoms with van der Waals surface area (Å²) in [5, 5.41) is 12.7. The number of hydrogen-bond donors (Lipinski definition) is 1. The highest BCUT2D eigenvalue weighted by atomic mass is 32.1. The Morgan fingerprint density at radius 1 is 1.45 bits per heavy atom. The standard InChI is InChI=1S/C15H18FNO2S/c1-3-4-15-17-12(9-20-15)8-19-14-6-5-11(16)7-13(14)10(2)18/h5-7,9-10,18H,3-4,8H2,1-2H3/t10-/m0/s1. The molecule has 5 heteroatoms. The number of halogens is 1. The molecule has 108 valence electrons. The maximum Gasteiger partial charge on any atom is 0.131 e. The van der Waals surface area contributed by atoms with Gasteiger partial charge >= 0.3 is 0 Å². The van der Waals surface area contributed by atoms with E-state index < -0.39 is 6.10 Å². The zero-order valence-corrected chi connectivity index (χ0v) is 12.4. The van der Waals surface area contributed by atoms with E-state index in [-0.39, 0.29) is 5.82 Å². The van der Waals surface area contributed by atoms with E-state index >= 15 is 0 Å². The maximum atomic E-state index is 13.2. The summed E-state index contributed by atoms with van der Waals surface area (Å²) in [5.41, 5.74) is 1.31. The lowest BCUT2D eigenvalue weighted by Gasteiger charge is -2.12. The lowest BCUT2D eigenvalue weighted by molar-refractivity contribution is 0.189. The van der Waals surface area contributed by atoms with Crippen molar-refractivity contribution in [1.82, 2.24) is 4.98 Å². The third-order valence-electron chi connectivity index (χ3n) is 2.86. The molecule has 1 atom stereocenters. The van der Waals surface area contributed by atoms with Gasteiger partial charge in [0.15, 0.2) is 0 Å². The third-order valence-corrected chi connectivity index (χ3v) is 3.82. The smallest absolute Gasteiger partial charge is 0.131 e. The summed E-state index contributed by atoms with van der Waals surface area (Å²) in [5.74, 6) is 0.110. The van der Waals surface area contributed by atoms with Crippen LogP contribution < -0.4 is 4.74 Å². The van der Waals surface area contributed by atoms with Gasteiger partial charge in [-0.15, -0.1) is 11.3 Å². The van der Waals surface area contributed by atoms with Gasteiger partial charge in [-0.1, -0.05) is 6.92 Å². The van der Waals surface area contributed by atoms with Gasteiger partial charge in [-0.2, -0.15) is 0 Å². The summed E-state index contributed by atoms with van der Waals surface area (Å²) < 4.78 is 18.8. The summed E-state index contributed by atoms with van der Waals surface area (Å²) in [6.07, 6.45) is 1.27. The molecule has 2 rings (SSSR count). The van der Waals surface area contributed by atoms with Gasteiger partial charge in [0, 0.05) is 10.9 Å². The number of aromatic nitrogens is 1. The Hall–Kier alpha value is -1.46. The normalized spacial score (nSPS) is 12.4. The van der Waals surface area contributed by atoms with Crippen LogP contribution in [0.15, 0.2) is 23.6 Å². The molecule has 0 aliphatic heterocycles. The van der Waals surface area contributed by atoms with Gasteiger partial charge in [0.05, 0.1) is 16.8 Å². The van der Waals surface area contributed by atoms with Crippen molar-refractivity contribution >= 4 is 11.3 Å². The molecule has 1 heterocycles. The summed E-state index contributed by atoms with van der Waals surface area (Å²) in [6.45, 7) is 4.03. The van der Waals surface area contributed by atoms with Crippen molar-refractivity contribution in [1.29, 1.82) is 0 Å². The van der Waals surface area contributed by atoms with E-state index in [1.807, 2.05) is 5.38 Å². The van der Waals surface area contributed by atoms with Crippen LogP contribution in [0.1, 0.15) is 42.6 Å². The number of aliphatic hydroxyl groups excluding tert-OH is 1. The second kappa shape index (κ2) is 6.81. The number of aryl methyl sites for hydroxylation is 1. The fourth-order valence-electron chi connectivity index (χ4n) is 1.87. The van der Waals surface area contributed by atoms with Gasteiger partial charge in [0.25, 0.3) is 0 Å². The highest BCUT2D eigenvalue weighted by Gasteiger charge is 2.11. The Morgan fingerprint density at radius 3 is 2.95 bits per heavy atom. The first-order chi connectivity index (χ1) is 9.60. The lowest BCUT2D eigenvalue weighted by Crippen LogP contribution is -2.02. The Kier molecular flexibility index (Phi) is 5.09. The van der Waals surface area contributed by atoms with E-state index in [2.05, 4.69) is 11.9 Å². The van der Waals surface area contributed by atoms with E-state index in [1.54, 1.807) is 18.3 Å². The monoisotopic (exact) mass is 295 g/mol. The van der Waals surface area contributed by atoms with E-state index in [1.165, 1.54) is 18.2 Å². The van der Waals surface area contributed by atoms with Crippen molar-refractivity contribution in [2.75, 3.05) is 0 Å². The fraction of sp³-hybridized carbons (Fsp3) is 0.400.